The number of carbonyl (C=O) groups excluding carboxylic acids is 1. The molecule has 0 aromatic rings. The second-order valence-electron chi connectivity index (χ2n) is 2.44. The molecule has 0 spiro atoms. The zero-order valence-corrected chi connectivity index (χ0v) is 6.58. The first-order valence-electron chi connectivity index (χ1n) is 3.56. The van der Waals surface area contributed by atoms with Gasteiger partial charge >= 0.3 is 0 Å². The molecule has 0 aliphatic heterocycles. The summed E-state index contributed by atoms with van der Waals surface area (Å²) in [5.41, 5.74) is 9.99. The molecule has 64 valence electrons. The predicted molar refractivity (Wildman–Crippen MR) is 46.4 cm³/mol. The number of nitrogens with two attached hydrogens (primary N) is 2. The number of rotatable bonds is 2. The van der Waals surface area contributed by atoms with Crippen LogP contribution in [0.15, 0.2) is 35.2 Å². The smallest absolute Gasteiger partial charge is 0.149 e. The highest BCUT2D eigenvalue weighted by atomic mass is 16.1. The van der Waals surface area contributed by atoms with Crippen LogP contribution in [0, 0.1) is 0 Å². The van der Waals surface area contributed by atoms with E-state index in [1.165, 1.54) is 0 Å². The van der Waals surface area contributed by atoms with Crippen LogP contribution < -0.4 is 17.0 Å². The van der Waals surface area contributed by atoms with Crippen LogP contribution in [0.4, 0.5) is 0 Å². The van der Waals surface area contributed by atoms with Gasteiger partial charge in [0.15, 0.2) is 0 Å². The minimum absolute atomic E-state index is 0.559. The van der Waals surface area contributed by atoms with Gasteiger partial charge < -0.3 is 11.2 Å². The van der Waals surface area contributed by atoms with Crippen molar-refractivity contribution in [1.82, 2.24) is 5.43 Å². The average molecular weight is 165 g/mol. The fourth-order valence-electron chi connectivity index (χ4n) is 0.922. The Morgan fingerprint density at radius 1 is 1.50 bits per heavy atom. The summed E-state index contributed by atoms with van der Waals surface area (Å²) in [4.78, 5) is 10.4. The van der Waals surface area contributed by atoms with Crippen molar-refractivity contribution < 1.29 is 4.79 Å². The Morgan fingerprint density at radius 2 is 2.25 bits per heavy atom. The van der Waals surface area contributed by atoms with Crippen molar-refractivity contribution in [2.45, 2.75) is 6.42 Å². The second kappa shape index (κ2) is 3.73. The largest absolute Gasteiger partial charge is 0.397 e. The Labute approximate surface area is 70.6 Å². The topological polar surface area (TPSA) is 81.1 Å². The maximum absolute atomic E-state index is 10.4. The van der Waals surface area contributed by atoms with Crippen molar-refractivity contribution in [3.8, 4) is 0 Å². The molecule has 0 heterocycles. The Hall–Kier alpha value is -1.55. The van der Waals surface area contributed by atoms with E-state index in [9.17, 15) is 4.79 Å². The van der Waals surface area contributed by atoms with Crippen LogP contribution in [-0.2, 0) is 4.79 Å². The lowest BCUT2D eigenvalue weighted by Gasteiger charge is -2.03. The molecule has 0 atom stereocenters. The van der Waals surface area contributed by atoms with Gasteiger partial charge in [-0.3, -0.25) is 10.6 Å². The highest BCUT2D eigenvalue weighted by molar-refractivity contribution is 5.78. The van der Waals surface area contributed by atoms with E-state index in [2.05, 4.69) is 5.43 Å². The number of aldehydes is 1. The van der Waals surface area contributed by atoms with Crippen molar-refractivity contribution in [2.24, 2.45) is 11.6 Å². The number of allylic oxidation sites excluding steroid dienone is 4. The lowest BCUT2D eigenvalue weighted by Crippen LogP contribution is -2.23. The summed E-state index contributed by atoms with van der Waals surface area (Å²) < 4.78 is 0. The van der Waals surface area contributed by atoms with Crippen molar-refractivity contribution in [3.63, 3.8) is 0 Å². The third-order valence-corrected chi connectivity index (χ3v) is 1.66. The molecule has 4 heteroatoms. The van der Waals surface area contributed by atoms with Crippen LogP contribution in [0.3, 0.4) is 0 Å². The second-order valence-corrected chi connectivity index (χ2v) is 2.44. The van der Waals surface area contributed by atoms with E-state index < -0.39 is 0 Å². The van der Waals surface area contributed by atoms with Gasteiger partial charge in [-0.15, -0.1) is 0 Å². The lowest BCUT2D eigenvalue weighted by atomic mass is 10.2. The van der Waals surface area contributed by atoms with E-state index in [0.717, 1.165) is 12.0 Å². The molecule has 0 saturated heterocycles. The number of hydrogen-bond donors (Lipinski definition) is 3. The number of nitrogens with one attached hydrogen (secondary N) is 1. The Morgan fingerprint density at radius 3 is 2.83 bits per heavy atom. The summed E-state index contributed by atoms with van der Waals surface area (Å²) in [6, 6.07) is 0. The van der Waals surface area contributed by atoms with Gasteiger partial charge in [0.1, 0.15) is 6.29 Å². The van der Waals surface area contributed by atoms with Crippen LogP contribution in [-0.4, -0.2) is 6.29 Å². The maximum Gasteiger partial charge on any atom is 0.149 e. The van der Waals surface area contributed by atoms with Crippen molar-refractivity contribution >= 4 is 6.29 Å². The highest BCUT2D eigenvalue weighted by Gasteiger charge is 2.02. The fraction of sp³-hybridized carbons (Fsp3) is 0.125. The zero-order chi connectivity index (χ0) is 8.97. The van der Waals surface area contributed by atoms with Gasteiger partial charge in [-0.25, -0.2) is 0 Å². The Bertz CT molecular complexity index is 276. The summed E-state index contributed by atoms with van der Waals surface area (Å²) in [6.45, 7) is 0. The van der Waals surface area contributed by atoms with Gasteiger partial charge in [0.05, 0.1) is 11.4 Å². The van der Waals surface area contributed by atoms with E-state index in [1.54, 1.807) is 18.2 Å². The molecule has 0 amide bonds. The molecule has 1 rings (SSSR count). The van der Waals surface area contributed by atoms with Gasteiger partial charge in [-0.2, -0.15) is 0 Å². The number of carbonyl (C=O) groups is 1. The van der Waals surface area contributed by atoms with Gasteiger partial charge in [-0.05, 0) is 12.2 Å². The molecular weight excluding hydrogens is 154 g/mol. The van der Waals surface area contributed by atoms with Crippen molar-refractivity contribution in [1.29, 1.82) is 0 Å². The molecule has 0 aromatic carbocycles. The first kappa shape index (κ1) is 8.55. The molecule has 1 aliphatic rings. The zero-order valence-electron chi connectivity index (χ0n) is 6.58. The lowest BCUT2D eigenvalue weighted by molar-refractivity contribution is -0.104. The quantitative estimate of drug-likeness (QED) is 0.298. The van der Waals surface area contributed by atoms with Crippen LogP contribution in [0.5, 0.6) is 0 Å². The number of hydrogen-bond acceptors (Lipinski definition) is 4. The third kappa shape index (κ3) is 1.73. The van der Waals surface area contributed by atoms with E-state index in [4.69, 9.17) is 11.6 Å². The molecule has 0 radical (unpaired) electrons. The monoisotopic (exact) mass is 165 g/mol. The predicted octanol–water partition coefficient (Wildman–Crippen LogP) is -0.295. The summed E-state index contributed by atoms with van der Waals surface area (Å²) in [7, 11) is 0. The molecular formula is C8H11N3O. The molecule has 0 fully saturated rings. The minimum Gasteiger partial charge on any atom is -0.397 e. The summed E-state index contributed by atoms with van der Waals surface area (Å²) in [5, 5.41) is 0. The number of hydrazine groups is 1. The van der Waals surface area contributed by atoms with Crippen molar-refractivity contribution in [2.75, 3.05) is 0 Å². The normalized spacial score (nSPS) is 16.9. The molecule has 4 nitrogen and oxygen atoms in total. The SMILES string of the molecule is NNC1=C(N)C=CC(C=O)=CC1. The van der Waals surface area contributed by atoms with Gasteiger partial charge in [0.2, 0.25) is 0 Å². The Kier molecular flexibility index (Phi) is 2.66. The van der Waals surface area contributed by atoms with Crippen LogP contribution in [0.1, 0.15) is 6.42 Å². The minimum atomic E-state index is 0.559. The van der Waals surface area contributed by atoms with Crippen LogP contribution >= 0.6 is 0 Å². The van der Waals surface area contributed by atoms with E-state index in [-0.39, 0.29) is 0 Å². The first-order valence-corrected chi connectivity index (χ1v) is 3.56. The van der Waals surface area contributed by atoms with Gasteiger partial charge in [0, 0.05) is 12.0 Å². The molecule has 0 bridgehead atoms. The van der Waals surface area contributed by atoms with E-state index >= 15 is 0 Å². The summed E-state index contributed by atoms with van der Waals surface area (Å²) in [5.74, 6) is 5.21. The van der Waals surface area contributed by atoms with E-state index in [0.29, 0.717) is 17.7 Å². The summed E-state index contributed by atoms with van der Waals surface area (Å²) in [6.07, 6.45) is 6.42. The molecule has 0 unspecified atom stereocenters. The molecule has 0 saturated carbocycles. The molecule has 1 aliphatic carbocycles. The van der Waals surface area contributed by atoms with Crippen LogP contribution in [0.25, 0.3) is 0 Å². The summed E-state index contributed by atoms with van der Waals surface area (Å²) >= 11 is 0. The highest BCUT2D eigenvalue weighted by Crippen LogP contribution is 2.10. The van der Waals surface area contributed by atoms with Gasteiger partial charge in [0.25, 0.3) is 0 Å². The average Bonchev–Trinajstić information content (AvgIpc) is 2.27. The van der Waals surface area contributed by atoms with Crippen molar-refractivity contribution in [3.05, 3.63) is 35.2 Å². The fourth-order valence-corrected chi connectivity index (χ4v) is 0.922. The van der Waals surface area contributed by atoms with Crippen LogP contribution in [0.2, 0.25) is 0 Å². The first-order chi connectivity index (χ1) is 5.77. The van der Waals surface area contributed by atoms with E-state index in [1.807, 2.05) is 0 Å². The standard InChI is InChI=1S/C8H11N3O/c9-7-3-1-6(5-12)2-4-8(7)11-10/h1-3,5,11H,4,9-10H2. The third-order valence-electron chi connectivity index (χ3n) is 1.66. The Balaban J connectivity index is 2.89. The molecule has 0 aromatic heterocycles. The molecule has 5 N–H and O–H groups in total. The molecule has 12 heavy (non-hydrogen) atoms. The van der Waals surface area contributed by atoms with Gasteiger partial charge in [-0.1, -0.05) is 6.08 Å². The maximum atomic E-state index is 10.4.